The minimum atomic E-state index is -0.957. The van der Waals surface area contributed by atoms with Crippen molar-refractivity contribution in [3.05, 3.63) is 12.3 Å². The minimum Gasteiger partial charge on any atom is -0.481 e. The molecule has 0 aromatic rings. The van der Waals surface area contributed by atoms with Gasteiger partial charge in [0, 0.05) is 20.0 Å². The van der Waals surface area contributed by atoms with Crippen molar-refractivity contribution in [2.45, 2.75) is 26.4 Å². The number of carbonyl (C=O) groups is 2. The van der Waals surface area contributed by atoms with Crippen LogP contribution in [0.4, 0.5) is 0 Å². The molecule has 0 saturated carbocycles. The summed E-state index contributed by atoms with van der Waals surface area (Å²) < 4.78 is 10.5. The number of carboxylic acid groups (broad SMARTS) is 1. The van der Waals surface area contributed by atoms with E-state index in [1.54, 1.807) is 6.92 Å². The lowest BCUT2D eigenvalue weighted by molar-refractivity contribution is -0.160. The average Bonchev–Trinajstić information content (AvgIpc) is 2.28. The predicted molar refractivity (Wildman–Crippen MR) is 63.6 cm³/mol. The lowest BCUT2D eigenvalue weighted by Crippen LogP contribution is -2.49. The van der Waals surface area contributed by atoms with Crippen LogP contribution in [-0.2, 0) is 19.1 Å². The number of aliphatic carboxylic acids is 1. The number of nitrogens with zero attached hydrogens (tertiary/aromatic N) is 1. The van der Waals surface area contributed by atoms with Gasteiger partial charge in [-0.1, -0.05) is 6.58 Å². The molecule has 0 radical (unpaired) electrons. The van der Waals surface area contributed by atoms with Crippen LogP contribution in [-0.4, -0.2) is 47.9 Å². The summed E-state index contributed by atoms with van der Waals surface area (Å²) in [6.07, 6.45) is 0.0632. The third kappa shape index (κ3) is 4.03. The maximum atomic E-state index is 11.2. The van der Waals surface area contributed by atoms with Gasteiger partial charge in [0.05, 0.1) is 11.9 Å². The molecule has 2 atom stereocenters. The first-order valence-corrected chi connectivity index (χ1v) is 5.80. The number of ether oxygens (including phenoxy) is 2. The number of amides is 1. The highest BCUT2D eigenvalue weighted by molar-refractivity contribution is 5.76. The molecule has 1 saturated heterocycles. The second kappa shape index (κ2) is 6.39. The van der Waals surface area contributed by atoms with E-state index in [1.807, 2.05) is 0 Å². The molecule has 0 aliphatic carbocycles. The number of hydrogen-bond donors (Lipinski definition) is 1. The van der Waals surface area contributed by atoms with Crippen LogP contribution in [0.25, 0.3) is 0 Å². The highest BCUT2D eigenvalue weighted by atomic mass is 16.7. The molecule has 1 amide bonds. The van der Waals surface area contributed by atoms with Crippen molar-refractivity contribution in [1.29, 1.82) is 0 Å². The van der Waals surface area contributed by atoms with Crippen LogP contribution in [0.3, 0.4) is 0 Å². The molecule has 1 heterocycles. The Labute approximate surface area is 106 Å². The molecule has 1 N–H and O–H groups in total. The highest BCUT2D eigenvalue weighted by Gasteiger charge is 2.36. The second-order valence-corrected chi connectivity index (χ2v) is 4.37. The summed E-state index contributed by atoms with van der Waals surface area (Å²) in [4.78, 5) is 23.9. The molecule has 0 spiro atoms. The van der Waals surface area contributed by atoms with E-state index in [9.17, 15) is 9.59 Å². The first kappa shape index (κ1) is 14.5. The Hall–Kier alpha value is -1.56. The quantitative estimate of drug-likeness (QED) is 0.583. The largest absolute Gasteiger partial charge is 0.481 e. The molecular weight excluding hydrogens is 238 g/mol. The molecule has 1 fully saturated rings. The SMILES string of the molecule is C=C(C)OCOC1CCN(C(C)=O)CC1C(=O)O. The number of piperidine rings is 1. The Morgan fingerprint density at radius 2 is 2.11 bits per heavy atom. The van der Waals surface area contributed by atoms with Crippen LogP contribution in [0.2, 0.25) is 0 Å². The summed E-state index contributed by atoms with van der Waals surface area (Å²) in [7, 11) is 0. The van der Waals surface area contributed by atoms with Gasteiger partial charge in [-0.15, -0.1) is 0 Å². The number of likely N-dealkylation sites (tertiary alicyclic amines) is 1. The Kier molecular flexibility index (Phi) is 5.15. The topological polar surface area (TPSA) is 76.1 Å². The van der Waals surface area contributed by atoms with Crippen molar-refractivity contribution in [3.63, 3.8) is 0 Å². The summed E-state index contributed by atoms with van der Waals surface area (Å²) in [5.41, 5.74) is 0. The molecule has 0 bridgehead atoms. The zero-order chi connectivity index (χ0) is 13.7. The van der Waals surface area contributed by atoms with Gasteiger partial charge in [-0.2, -0.15) is 0 Å². The van der Waals surface area contributed by atoms with Crippen LogP contribution in [0.15, 0.2) is 12.3 Å². The van der Waals surface area contributed by atoms with Gasteiger partial charge in [-0.25, -0.2) is 0 Å². The van der Waals surface area contributed by atoms with E-state index in [0.29, 0.717) is 18.7 Å². The zero-order valence-electron chi connectivity index (χ0n) is 10.7. The van der Waals surface area contributed by atoms with Crippen LogP contribution in [0.5, 0.6) is 0 Å². The molecule has 1 aliphatic heterocycles. The summed E-state index contributed by atoms with van der Waals surface area (Å²) >= 11 is 0. The van der Waals surface area contributed by atoms with Crippen LogP contribution >= 0.6 is 0 Å². The third-order valence-corrected chi connectivity index (χ3v) is 2.90. The fourth-order valence-electron chi connectivity index (χ4n) is 1.88. The normalized spacial score (nSPS) is 23.6. The molecule has 0 aromatic heterocycles. The number of carboxylic acids is 1. The molecular formula is C12H19NO5. The molecule has 1 rings (SSSR count). The number of carbonyl (C=O) groups excluding carboxylic acids is 1. The predicted octanol–water partition coefficient (Wildman–Crippen LogP) is 0.832. The lowest BCUT2D eigenvalue weighted by Gasteiger charge is -2.35. The molecule has 0 aromatic carbocycles. The monoisotopic (exact) mass is 257 g/mol. The summed E-state index contributed by atoms with van der Waals surface area (Å²) in [5.74, 6) is -1.27. The molecule has 6 heteroatoms. The number of hydrogen-bond acceptors (Lipinski definition) is 4. The molecule has 102 valence electrons. The summed E-state index contributed by atoms with van der Waals surface area (Å²) in [5, 5.41) is 9.14. The Morgan fingerprint density at radius 1 is 1.44 bits per heavy atom. The van der Waals surface area contributed by atoms with E-state index in [-0.39, 0.29) is 19.2 Å². The van der Waals surface area contributed by atoms with E-state index in [0.717, 1.165) is 0 Å². The van der Waals surface area contributed by atoms with E-state index in [2.05, 4.69) is 6.58 Å². The van der Waals surface area contributed by atoms with Gasteiger partial charge < -0.3 is 19.5 Å². The first-order valence-electron chi connectivity index (χ1n) is 5.80. The second-order valence-electron chi connectivity index (χ2n) is 4.37. The molecule has 2 unspecified atom stereocenters. The lowest BCUT2D eigenvalue weighted by atomic mass is 9.94. The number of rotatable bonds is 5. The van der Waals surface area contributed by atoms with Gasteiger partial charge in [0.2, 0.25) is 5.91 Å². The Bertz CT molecular complexity index is 339. The van der Waals surface area contributed by atoms with Crippen molar-refractivity contribution >= 4 is 11.9 Å². The average molecular weight is 257 g/mol. The highest BCUT2D eigenvalue weighted by Crippen LogP contribution is 2.21. The standard InChI is InChI=1S/C12H19NO5/c1-8(2)17-7-18-11-4-5-13(9(3)14)6-10(11)12(15)16/h10-11H,1,4-7H2,2-3H3,(H,15,16). The maximum absolute atomic E-state index is 11.2. The zero-order valence-corrected chi connectivity index (χ0v) is 10.7. The van der Waals surface area contributed by atoms with Crippen molar-refractivity contribution in [1.82, 2.24) is 4.90 Å². The first-order chi connectivity index (χ1) is 8.41. The van der Waals surface area contributed by atoms with Crippen LogP contribution in [0.1, 0.15) is 20.3 Å². The minimum absolute atomic E-state index is 0.0101. The maximum Gasteiger partial charge on any atom is 0.310 e. The summed E-state index contributed by atoms with van der Waals surface area (Å²) in [6.45, 7) is 7.37. The number of allylic oxidation sites excluding steroid dienone is 1. The van der Waals surface area contributed by atoms with Crippen LogP contribution < -0.4 is 0 Å². The van der Waals surface area contributed by atoms with Gasteiger partial charge >= 0.3 is 5.97 Å². The summed E-state index contributed by atoms with van der Waals surface area (Å²) in [6, 6.07) is 0. The van der Waals surface area contributed by atoms with Gasteiger partial charge in [0.15, 0.2) is 6.79 Å². The van der Waals surface area contributed by atoms with Gasteiger partial charge in [0.25, 0.3) is 0 Å². The van der Waals surface area contributed by atoms with Gasteiger partial charge in [-0.05, 0) is 13.3 Å². The van der Waals surface area contributed by atoms with E-state index >= 15 is 0 Å². The molecule has 18 heavy (non-hydrogen) atoms. The molecule has 6 nitrogen and oxygen atoms in total. The van der Waals surface area contributed by atoms with Gasteiger partial charge in [-0.3, -0.25) is 9.59 Å². The van der Waals surface area contributed by atoms with Crippen molar-refractivity contribution in [3.8, 4) is 0 Å². The Balaban J connectivity index is 2.54. The van der Waals surface area contributed by atoms with E-state index < -0.39 is 18.0 Å². The van der Waals surface area contributed by atoms with Crippen LogP contribution in [0, 0.1) is 5.92 Å². The van der Waals surface area contributed by atoms with Crippen molar-refractivity contribution in [2.24, 2.45) is 5.92 Å². The van der Waals surface area contributed by atoms with E-state index in [1.165, 1.54) is 11.8 Å². The van der Waals surface area contributed by atoms with Gasteiger partial charge in [0.1, 0.15) is 5.92 Å². The fraction of sp³-hybridized carbons (Fsp3) is 0.667. The fourth-order valence-corrected chi connectivity index (χ4v) is 1.88. The van der Waals surface area contributed by atoms with Crippen molar-refractivity contribution in [2.75, 3.05) is 19.9 Å². The molecule has 1 aliphatic rings. The van der Waals surface area contributed by atoms with Crippen molar-refractivity contribution < 1.29 is 24.2 Å². The third-order valence-electron chi connectivity index (χ3n) is 2.90. The Morgan fingerprint density at radius 3 is 2.61 bits per heavy atom. The smallest absolute Gasteiger partial charge is 0.310 e. The van der Waals surface area contributed by atoms with E-state index in [4.69, 9.17) is 14.6 Å².